The monoisotopic (exact) mass is 276 g/mol. The number of aromatic carboxylic acids is 1. The molecule has 19 heavy (non-hydrogen) atoms. The maximum absolute atomic E-state index is 10.7. The van der Waals surface area contributed by atoms with Crippen LogP contribution in [0.2, 0.25) is 5.02 Å². The molecule has 0 fully saturated rings. The standard InChI is InChI=1S/C12H9ClN4O2/c13-8-1-2-11-15-9(5-17(11)3-8)4-16-6-10(12(18)19)14-7-16/h1-3,5-7H,4H2,(H,18,19). The number of hydrogen-bond donors (Lipinski definition) is 1. The predicted octanol–water partition coefficient (Wildman–Crippen LogP) is 1.93. The van der Waals surface area contributed by atoms with Crippen molar-refractivity contribution >= 4 is 23.2 Å². The largest absolute Gasteiger partial charge is 0.476 e. The summed E-state index contributed by atoms with van der Waals surface area (Å²) in [5.41, 5.74) is 1.61. The topological polar surface area (TPSA) is 72.4 Å². The molecule has 0 unspecified atom stereocenters. The molecule has 0 aliphatic rings. The Kier molecular flexibility index (Phi) is 2.72. The molecular weight excluding hydrogens is 268 g/mol. The molecule has 3 heterocycles. The van der Waals surface area contributed by atoms with E-state index < -0.39 is 5.97 Å². The van der Waals surface area contributed by atoms with Gasteiger partial charge in [-0.25, -0.2) is 14.8 Å². The maximum atomic E-state index is 10.7. The van der Waals surface area contributed by atoms with Crippen LogP contribution in [-0.2, 0) is 6.54 Å². The highest BCUT2D eigenvalue weighted by atomic mass is 35.5. The molecule has 0 spiro atoms. The molecule has 1 N–H and O–H groups in total. The van der Waals surface area contributed by atoms with Crippen LogP contribution < -0.4 is 0 Å². The smallest absolute Gasteiger partial charge is 0.356 e. The second kappa shape index (κ2) is 4.40. The predicted molar refractivity (Wildman–Crippen MR) is 68.5 cm³/mol. The van der Waals surface area contributed by atoms with E-state index in [0.717, 1.165) is 11.3 Å². The normalized spacial score (nSPS) is 11.0. The number of carbonyl (C=O) groups is 1. The third-order valence-electron chi connectivity index (χ3n) is 2.66. The molecule has 0 aromatic carbocycles. The molecule has 96 valence electrons. The lowest BCUT2D eigenvalue weighted by molar-refractivity contribution is 0.0691. The van der Waals surface area contributed by atoms with Gasteiger partial charge in [0.25, 0.3) is 0 Å². The second-order valence-electron chi connectivity index (χ2n) is 4.08. The van der Waals surface area contributed by atoms with Crippen LogP contribution in [0.4, 0.5) is 0 Å². The number of halogens is 1. The highest BCUT2D eigenvalue weighted by Gasteiger charge is 2.08. The Bertz CT molecular complexity index is 762. The van der Waals surface area contributed by atoms with E-state index in [1.54, 1.807) is 16.8 Å². The van der Waals surface area contributed by atoms with E-state index in [1.165, 1.54) is 12.5 Å². The van der Waals surface area contributed by atoms with Gasteiger partial charge in [0.05, 0.1) is 23.6 Å². The first kappa shape index (κ1) is 11.7. The van der Waals surface area contributed by atoms with E-state index in [4.69, 9.17) is 16.7 Å². The van der Waals surface area contributed by atoms with Crippen LogP contribution in [0.1, 0.15) is 16.2 Å². The Hall–Kier alpha value is -2.34. The maximum Gasteiger partial charge on any atom is 0.356 e. The van der Waals surface area contributed by atoms with Crippen LogP contribution in [-0.4, -0.2) is 30.0 Å². The molecular formula is C12H9ClN4O2. The zero-order valence-corrected chi connectivity index (χ0v) is 10.4. The van der Waals surface area contributed by atoms with Crippen LogP contribution in [0, 0.1) is 0 Å². The van der Waals surface area contributed by atoms with Crippen LogP contribution in [0.5, 0.6) is 0 Å². The van der Waals surface area contributed by atoms with Crippen molar-refractivity contribution in [3.05, 3.63) is 53.5 Å². The fourth-order valence-corrected chi connectivity index (χ4v) is 2.01. The lowest BCUT2D eigenvalue weighted by Gasteiger charge is -1.95. The number of rotatable bonds is 3. The number of imidazole rings is 2. The van der Waals surface area contributed by atoms with E-state index in [-0.39, 0.29) is 5.69 Å². The summed E-state index contributed by atoms with van der Waals surface area (Å²) in [7, 11) is 0. The van der Waals surface area contributed by atoms with Crippen LogP contribution in [0.15, 0.2) is 37.1 Å². The van der Waals surface area contributed by atoms with Gasteiger partial charge in [-0.2, -0.15) is 0 Å². The summed E-state index contributed by atoms with van der Waals surface area (Å²) < 4.78 is 3.50. The first-order valence-corrected chi connectivity index (χ1v) is 5.88. The van der Waals surface area contributed by atoms with Gasteiger partial charge in [-0.15, -0.1) is 0 Å². The number of nitrogens with zero attached hydrogens (tertiary/aromatic N) is 4. The van der Waals surface area contributed by atoms with Gasteiger partial charge in [-0.1, -0.05) is 11.6 Å². The van der Waals surface area contributed by atoms with E-state index in [2.05, 4.69) is 9.97 Å². The SMILES string of the molecule is O=C(O)c1cn(Cc2cn3cc(Cl)ccc3n2)cn1. The van der Waals surface area contributed by atoms with Crippen molar-refractivity contribution in [2.75, 3.05) is 0 Å². The number of carboxylic acid groups (broad SMARTS) is 1. The fourth-order valence-electron chi connectivity index (χ4n) is 1.84. The lowest BCUT2D eigenvalue weighted by atomic mass is 10.4. The van der Waals surface area contributed by atoms with Crippen LogP contribution in [0.25, 0.3) is 5.65 Å². The van der Waals surface area contributed by atoms with Crippen molar-refractivity contribution in [2.24, 2.45) is 0 Å². The molecule has 7 heteroatoms. The minimum atomic E-state index is -1.04. The van der Waals surface area contributed by atoms with E-state index in [1.807, 2.05) is 16.7 Å². The highest BCUT2D eigenvalue weighted by molar-refractivity contribution is 6.30. The number of fused-ring (bicyclic) bond motifs is 1. The zero-order valence-electron chi connectivity index (χ0n) is 9.69. The van der Waals surface area contributed by atoms with Crippen molar-refractivity contribution in [3.63, 3.8) is 0 Å². The number of carboxylic acids is 1. The molecule has 3 aromatic heterocycles. The summed E-state index contributed by atoms with van der Waals surface area (Å²) in [5, 5.41) is 9.43. The van der Waals surface area contributed by atoms with E-state index in [0.29, 0.717) is 11.6 Å². The first-order valence-electron chi connectivity index (χ1n) is 5.50. The second-order valence-corrected chi connectivity index (χ2v) is 4.52. The number of pyridine rings is 1. The lowest BCUT2D eigenvalue weighted by Crippen LogP contribution is -1.98. The van der Waals surface area contributed by atoms with Gasteiger partial charge >= 0.3 is 5.97 Å². The Morgan fingerprint density at radius 3 is 2.89 bits per heavy atom. The molecule has 0 saturated carbocycles. The molecule has 6 nitrogen and oxygen atoms in total. The van der Waals surface area contributed by atoms with Crippen molar-refractivity contribution in [1.29, 1.82) is 0 Å². The van der Waals surface area contributed by atoms with Gasteiger partial charge in [-0.05, 0) is 12.1 Å². The molecule has 0 bridgehead atoms. The van der Waals surface area contributed by atoms with E-state index >= 15 is 0 Å². The first-order chi connectivity index (χ1) is 9.11. The molecule has 3 aromatic rings. The minimum Gasteiger partial charge on any atom is -0.476 e. The van der Waals surface area contributed by atoms with Crippen molar-refractivity contribution in [1.82, 2.24) is 18.9 Å². The molecule has 0 atom stereocenters. The fraction of sp³-hybridized carbons (Fsp3) is 0.0833. The molecule has 0 radical (unpaired) electrons. The van der Waals surface area contributed by atoms with Crippen LogP contribution in [0.3, 0.4) is 0 Å². The quantitative estimate of drug-likeness (QED) is 0.793. The highest BCUT2D eigenvalue weighted by Crippen LogP contribution is 2.12. The number of aromatic nitrogens is 4. The summed E-state index contributed by atoms with van der Waals surface area (Å²) in [6, 6.07) is 3.59. The van der Waals surface area contributed by atoms with Crippen LogP contribution >= 0.6 is 11.6 Å². The zero-order chi connectivity index (χ0) is 13.4. The van der Waals surface area contributed by atoms with Gasteiger partial charge in [0.2, 0.25) is 0 Å². The van der Waals surface area contributed by atoms with Gasteiger partial charge in [0.1, 0.15) is 5.65 Å². The summed E-state index contributed by atoms with van der Waals surface area (Å²) in [6.45, 7) is 0.458. The van der Waals surface area contributed by atoms with Crippen molar-refractivity contribution in [3.8, 4) is 0 Å². The van der Waals surface area contributed by atoms with Crippen molar-refractivity contribution < 1.29 is 9.90 Å². The Morgan fingerprint density at radius 1 is 1.32 bits per heavy atom. The summed E-state index contributed by atoms with van der Waals surface area (Å²) in [5.74, 6) is -1.04. The van der Waals surface area contributed by atoms with Gasteiger partial charge < -0.3 is 14.1 Å². The number of hydrogen-bond acceptors (Lipinski definition) is 3. The molecule has 0 saturated heterocycles. The van der Waals surface area contributed by atoms with Crippen molar-refractivity contribution in [2.45, 2.75) is 6.54 Å². The van der Waals surface area contributed by atoms with Gasteiger partial charge in [0, 0.05) is 18.6 Å². The Balaban J connectivity index is 1.89. The molecule has 3 rings (SSSR count). The van der Waals surface area contributed by atoms with E-state index in [9.17, 15) is 4.79 Å². The third-order valence-corrected chi connectivity index (χ3v) is 2.89. The average molecular weight is 277 g/mol. The minimum absolute atomic E-state index is 0.0202. The average Bonchev–Trinajstić information content (AvgIpc) is 2.95. The third kappa shape index (κ3) is 2.30. The Morgan fingerprint density at radius 2 is 2.16 bits per heavy atom. The summed E-state index contributed by atoms with van der Waals surface area (Å²) >= 11 is 5.90. The summed E-state index contributed by atoms with van der Waals surface area (Å²) in [6.07, 6.45) is 6.56. The van der Waals surface area contributed by atoms with Gasteiger partial charge in [0.15, 0.2) is 5.69 Å². The molecule has 0 aliphatic carbocycles. The summed E-state index contributed by atoms with van der Waals surface area (Å²) in [4.78, 5) is 18.9. The van der Waals surface area contributed by atoms with Gasteiger partial charge in [-0.3, -0.25) is 0 Å². The molecule has 0 amide bonds. The Labute approximate surface area is 112 Å². The molecule has 0 aliphatic heterocycles.